The maximum absolute atomic E-state index is 12.9. The van der Waals surface area contributed by atoms with Gasteiger partial charge >= 0.3 is 0 Å². The monoisotopic (exact) mass is 395 g/mol. The molecule has 0 unspecified atom stereocenters. The molecule has 0 saturated carbocycles. The van der Waals surface area contributed by atoms with Crippen LogP contribution in [-0.4, -0.2) is 38.9 Å². The highest BCUT2D eigenvalue weighted by Gasteiger charge is 2.42. The molecular weight excluding hydrogens is 378 g/mol. The van der Waals surface area contributed by atoms with E-state index in [9.17, 15) is 4.79 Å². The van der Waals surface area contributed by atoms with E-state index in [1.807, 2.05) is 29.8 Å². The van der Waals surface area contributed by atoms with Gasteiger partial charge in [-0.05, 0) is 23.8 Å². The van der Waals surface area contributed by atoms with E-state index in [2.05, 4.69) is 27.3 Å². The molecule has 5 rings (SSSR count). The largest absolute Gasteiger partial charge is 0.379 e. The molecule has 0 atom stereocenters. The van der Waals surface area contributed by atoms with Crippen LogP contribution in [0.3, 0.4) is 0 Å². The van der Waals surface area contributed by atoms with Crippen LogP contribution in [0.25, 0.3) is 0 Å². The molecule has 1 aromatic carbocycles. The summed E-state index contributed by atoms with van der Waals surface area (Å²) in [4.78, 5) is 18.8. The highest BCUT2D eigenvalue weighted by molar-refractivity contribution is 6.29. The summed E-state index contributed by atoms with van der Waals surface area (Å²) in [6.45, 7) is 1.73. The number of aromatic nitrogens is 4. The Morgan fingerprint density at radius 3 is 2.82 bits per heavy atom. The first kappa shape index (κ1) is 17.3. The van der Waals surface area contributed by atoms with Crippen LogP contribution >= 0.6 is 11.6 Å². The Morgan fingerprint density at radius 1 is 1.25 bits per heavy atom. The molecule has 0 radical (unpaired) electrons. The predicted molar refractivity (Wildman–Crippen MR) is 103 cm³/mol. The molecule has 1 saturated heterocycles. The van der Waals surface area contributed by atoms with Crippen LogP contribution in [0.4, 0.5) is 5.69 Å². The standard InChI is InChI=1S/C20H18ClN5O2/c1-25-12-22-24-17(25)8-20(10-28-11-20)14-3-2-4-15(7-14)26-9-13-5-6-16(21)23-18(13)19(26)27/h2-7,12H,8-11H2,1H3. The summed E-state index contributed by atoms with van der Waals surface area (Å²) >= 11 is 5.97. The van der Waals surface area contributed by atoms with Crippen molar-refractivity contribution in [1.29, 1.82) is 0 Å². The summed E-state index contributed by atoms with van der Waals surface area (Å²) in [6, 6.07) is 11.7. The van der Waals surface area contributed by atoms with E-state index >= 15 is 0 Å². The number of anilines is 1. The van der Waals surface area contributed by atoms with E-state index in [0.717, 1.165) is 29.1 Å². The highest BCUT2D eigenvalue weighted by Crippen LogP contribution is 2.38. The lowest BCUT2D eigenvalue weighted by atomic mass is 9.75. The smallest absolute Gasteiger partial charge is 0.277 e. The van der Waals surface area contributed by atoms with Crippen molar-refractivity contribution in [1.82, 2.24) is 19.7 Å². The third kappa shape index (κ3) is 2.70. The van der Waals surface area contributed by atoms with Crippen molar-refractivity contribution >= 4 is 23.2 Å². The van der Waals surface area contributed by atoms with Gasteiger partial charge in [0.1, 0.15) is 23.0 Å². The Kier molecular flexibility index (Phi) is 3.96. The number of fused-ring (bicyclic) bond motifs is 1. The molecule has 142 valence electrons. The fraction of sp³-hybridized carbons (Fsp3) is 0.300. The Balaban J connectivity index is 1.47. The molecular formula is C20H18ClN5O2. The number of carbonyl (C=O) groups is 1. The van der Waals surface area contributed by atoms with Gasteiger partial charge in [-0.3, -0.25) is 4.79 Å². The lowest BCUT2D eigenvalue weighted by molar-refractivity contribution is -0.0611. The van der Waals surface area contributed by atoms with Crippen molar-refractivity contribution in [2.45, 2.75) is 18.4 Å². The van der Waals surface area contributed by atoms with Gasteiger partial charge in [0.15, 0.2) is 0 Å². The lowest BCUT2D eigenvalue weighted by Crippen LogP contribution is -2.49. The average molecular weight is 396 g/mol. The quantitative estimate of drug-likeness (QED) is 0.635. The molecule has 7 nitrogen and oxygen atoms in total. The molecule has 0 bridgehead atoms. The summed E-state index contributed by atoms with van der Waals surface area (Å²) < 4.78 is 7.50. The van der Waals surface area contributed by atoms with Crippen LogP contribution in [0, 0.1) is 0 Å². The number of nitrogens with zero attached hydrogens (tertiary/aromatic N) is 5. The van der Waals surface area contributed by atoms with Gasteiger partial charge in [-0.2, -0.15) is 0 Å². The van der Waals surface area contributed by atoms with Gasteiger partial charge < -0.3 is 14.2 Å². The molecule has 1 amide bonds. The lowest BCUT2D eigenvalue weighted by Gasteiger charge is -2.42. The summed E-state index contributed by atoms with van der Waals surface area (Å²) in [5.74, 6) is 0.791. The van der Waals surface area contributed by atoms with Crippen molar-refractivity contribution in [3.63, 3.8) is 0 Å². The van der Waals surface area contributed by atoms with Crippen molar-refractivity contribution < 1.29 is 9.53 Å². The Hall–Kier alpha value is -2.77. The van der Waals surface area contributed by atoms with E-state index < -0.39 is 0 Å². The molecule has 1 fully saturated rings. The van der Waals surface area contributed by atoms with Crippen LogP contribution in [0.5, 0.6) is 0 Å². The predicted octanol–water partition coefficient (Wildman–Crippen LogP) is 2.53. The second-order valence-corrected chi connectivity index (χ2v) is 7.78. The van der Waals surface area contributed by atoms with Crippen molar-refractivity contribution in [2.24, 2.45) is 7.05 Å². The minimum atomic E-state index is -0.159. The molecule has 0 aliphatic carbocycles. The number of halogens is 1. The first-order valence-electron chi connectivity index (χ1n) is 9.04. The number of benzene rings is 1. The van der Waals surface area contributed by atoms with Gasteiger partial charge in [0, 0.05) is 30.1 Å². The summed E-state index contributed by atoms with van der Waals surface area (Å²) in [6.07, 6.45) is 2.44. The van der Waals surface area contributed by atoms with E-state index in [-0.39, 0.29) is 11.3 Å². The highest BCUT2D eigenvalue weighted by atomic mass is 35.5. The van der Waals surface area contributed by atoms with Crippen molar-refractivity contribution in [2.75, 3.05) is 18.1 Å². The topological polar surface area (TPSA) is 73.1 Å². The van der Waals surface area contributed by atoms with E-state index in [1.165, 1.54) is 0 Å². The summed E-state index contributed by atoms with van der Waals surface area (Å²) in [5, 5.41) is 8.54. The number of hydrogen-bond acceptors (Lipinski definition) is 5. The Morgan fingerprint density at radius 2 is 2.11 bits per heavy atom. The van der Waals surface area contributed by atoms with E-state index in [0.29, 0.717) is 30.6 Å². The van der Waals surface area contributed by atoms with Crippen molar-refractivity contribution in [3.05, 3.63) is 70.5 Å². The maximum atomic E-state index is 12.9. The maximum Gasteiger partial charge on any atom is 0.277 e. The zero-order chi connectivity index (χ0) is 19.3. The van der Waals surface area contributed by atoms with Crippen LogP contribution < -0.4 is 4.90 Å². The number of hydrogen-bond donors (Lipinski definition) is 0. The van der Waals surface area contributed by atoms with Crippen LogP contribution in [-0.2, 0) is 30.2 Å². The molecule has 28 heavy (non-hydrogen) atoms. The zero-order valence-electron chi connectivity index (χ0n) is 15.3. The van der Waals surface area contributed by atoms with E-state index in [4.69, 9.17) is 16.3 Å². The normalized spacial score (nSPS) is 17.5. The van der Waals surface area contributed by atoms with Gasteiger partial charge in [-0.1, -0.05) is 29.8 Å². The number of pyridine rings is 1. The van der Waals surface area contributed by atoms with Gasteiger partial charge in [-0.25, -0.2) is 4.98 Å². The van der Waals surface area contributed by atoms with Crippen LogP contribution in [0.15, 0.2) is 42.7 Å². The number of amides is 1. The second kappa shape index (κ2) is 6.39. The average Bonchev–Trinajstić information content (AvgIpc) is 3.21. The van der Waals surface area contributed by atoms with Gasteiger partial charge in [0.2, 0.25) is 0 Å². The fourth-order valence-electron chi connectivity index (χ4n) is 3.85. The first-order chi connectivity index (χ1) is 13.6. The third-order valence-electron chi connectivity index (χ3n) is 5.55. The number of carbonyl (C=O) groups excluding carboxylic acids is 1. The number of aryl methyl sites for hydroxylation is 1. The number of ether oxygens (including phenoxy) is 1. The second-order valence-electron chi connectivity index (χ2n) is 7.39. The Labute approximate surface area is 166 Å². The molecule has 2 aliphatic heterocycles. The Bertz CT molecular complexity index is 1080. The van der Waals surface area contributed by atoms with E-state index in [1.54, 1.807) is 17.3 Å². The van der Waals surface area contributed by atoms with Gasteiger partial charge in [0.25, 0.3) is 5.91 Å². The molecule has 0 spiro atoms. The minimum absolute atomic E-state index is 0.123. The first-order valence-corrected chi connectivity index (χ1v) is 9.42. The molecule has 2 aromatic heterocycles. The van der Waals surface area contributed by atoms with Gasteiger partial charge in [-0.15, -0.1) is 10.2 Å². The SMILES string of the molecule is Cn1cnnc1CC1(c2cccc(N3Cc4ccc(Cl)nc4C3=O)c2)COC1. The molecule has 3 aromatic rings. The zero-order valence-corrected chi connectivity index (χ0v) is 16.1. The van der Waals surface area contributed by atoms with Crippen molar-refractivity contribution in [3.8, 4) is 0 Å². The molecule has 4 heterocycles. The minimum Gasteiger partial charge on any atom is -0.379 e. The molecule has 2 aliphatic rings. The fourth-order valence-corrected chi connectivity index (χ4v) is 4.00. The third-order valence-corrected chi connectivity index (χ3v) is 5.76. The number of rotatable bonds is 4. The van der Waals surface area contributed by atoms with Crippen LogP contribution in [0.1, 0.15) is 27.4 Å². The molecule has 0 N–H and O–H groups in total. The van der Waals surface area contributed by atoms with Crippen LogP contribution in [0.2, 0.25) is 5.15 Å². The van der Waals surface area contributed by atoms with Gasteiger partial charge in [0.05, 0.1) is 19.8 Å². The summed E-state index contributed by atoms with van der Waals surface area (Å²) in [7, 11) is 1.94. The molecule has 8 heteroatoms. The summed E-state index contributed by atoms with van der Waals surface area (Å²) in [5.41, 5.74) is 3.14.